The number of nitrogens with zero attached hydrogens (tertiary/aromatic N) is 2. The molecule has 4 N–H and O–H groups in total. The third-order valence-electron chi connectivity index (χ3n) is 3.24. The zero-order valence-corrected chi connectivity index (χ0v) is 15.4. The molecule has 1 heterocycles. The number of hydrogen-bond donors (Lipinski definition) is 3. The Morgan fingerprint density at radius 1 is 1.42 bits per heavy atom. The number of nitro groups is 1. The zero-order valence-electron chi connectivity index (χ0n) is 13.8. The van der Waals surface area contributed by atoms with Crippen LogP contribution in [0.15, 0.2) is 39.1 Å². The Labute approximate surface area is 153 Å². The van der Waals surface area contributed by atoms with Crippen molar-refractivity contribution in [2.45, 2.75) is 29.8 Å². The first-order valence-corrected chi connectivity index (χ1v) is 10.0. The molecule has 12 heteroatoms. The van der Waals surface area contributed by atoms with Crippen molar-refractivity contribution in [3.63, 3.8) is 0 Å². The summed E-state index contributed by atoms with van der Waals surface area (Å²) < 4.78 is 26.8. The van der Waals surface area contributed by atoms with Gasteiger partial charge in [0, 0.05) is 17.9 Å². The molecule has 140 valence electrons. The van der Waals surface area contributed by atoms with E-state index in [1.807, 2.05) is 11.6 Å². The maximum Gasteiger partial charge on any atom is 0.278 e. The van der Waals surface area contributed by atoms with E-state index in [0.717, 1.165) is 30.7 Å². The number of H-pyrrole nitrogens is 1. The van der Waals surface area contributed by atoms with Crippen LogP contribution in [0.4, 0.5) is 17.2 Å². The SMILES string of the molecule is CCCCSc1nc(N)c(NS(=O)(=O)c2cccc([N+](=O)[O-])c2)c(=O)[nH]1. The number of sulfonamides is 1. The first-order chi connectivity index (χ1) is 12.2. The highest BCUT2D eigenvalue weighted by Gasteiger charge is 2.21. The summed E-state index contributed by atoms with van der Waals surface area (Å²) >= 11 is 1.30. The van der Waals surface area contributed by atoms with Crippen LogP contribution in [0.1, 0.15) is 19.8 Å². The number of hydrogen-bond acceptors (Lipinski definition) is 8. The van der Waals surface area contributed by atoms with Gasteiger partial charge in [-0.25, -0.2) is 13.4 Å². The second-order valence-corrected chi connectivity index (χ2v) is 7.96. The molecular weight excluding hydrogens is 382 g/mol. The minimum atomic E-state index is -4.25. The van der Waals surface area contributed by atoms with E-state index in [1.165, 1.54) is 23.9 Å². The van der Waals surface area contributed by atoms with Gasteiger partial charge in [-0.3, -0.25) is 24.6 Å². The highest BCUT2D eigenvalue weighted by atomic mass is 32.2. The smallest absolute Gasteiger partial charge is 0.278 e. The number of aromatic amines is 1. The van der Waals surface area contributed by atoms with E-state index in [0.29, 0.717) is 5.16 Å². The summed E-state index contributed by atoms with van der Waals surface area (Å²) in [7, 11) is -4.25. The van der Waals surface area contributed by atoms with Gasteiger partial charge >= 0.3 is 0 Å². The van der Waals surface area contributed by atoms with Gasteiger partial charge in [0.25, 0.3) is 21.3 Å². The maximum atomic E-state index is 12.4. The van der Waals surface area contributed by atoms with E-state index < -0.39 is 31.9 Å². The van der Waals surface area contributed by atoms with Crippen LogP contribution in [-0.4, -0.2) is 29.1 Å². The van der Waals surface area contributed by atoms with Crippen molar-refractivity contribution in [1.82, 2.24) is 9.97 Å². The molecule has 0 unspecified atom stereocenters. The molecule has 0 aliphatic heterocycles. The van der Waals surface area contributed by atoms with Gasteiger partial charge in [-0.05, 0) is 12.5 Å². The molecule has 2 rings (SSSR count). The highest BCUT2D eigenvalue weighted by molar-refractivity contribution is 7.99. The number of non-ortho nitro benzene ring substituents is 1. The first kappa shape index (κ1) is 19.7. The van der Waals surface area contributed by atoms with Crippen LogP contribution in [-0.2, 0) is 10.0 Å². The van der Waals surface area contributed by atoms with Gasteiger partial charge < -0.3 is 5.73 Å². The van der Waals surface area contributed by atoms with E-state index in [-0.39, 0.29) is 10.7 Å². The summed E-state index contributed by atoms with van der Waals surface area (Å²) in [6.45, 7) is 2.02. The number of nitrogen functional groups attached to an aromatic ring is 1. The molecular formula is C14H17N5O5S2. The summed E-state index contributed by atoms with van der Waals surface area (Å²) in [5.74, 6) is 0.458. The molecule has 1 aromatic heterocycles. The van der Waals surface area contributed by atoms with Crippen LogP contribution in [0, 0.1) is 10.1 Å². The van der Waals surface area contributed by atoms with Crippen molar-refractivity contribution >= 4 is 39.0 Å². The van der Waals surface area contributed by atoms with Crippen molar-refractivity contribution < 1.29 is 13.3 Å². The van der Waals surface area contributed by atoms with Crippen LogP contribution >= 0.6 is 11.8 Å². The number of nitrogens with two attached hydrogens (primary N) is 1. The average Bonchev–Trinajstić information content (AvgIpc) is 2.58. The zero-order chi connectivity index (χ0) is 19.3. The quantitative estimate of drug-likeness (QED) is 0.199. The molecule has 10 nitrogen and oxygen atoms in total. The lowest BCUT2D eigenvalue weighted by atomic mass is 10.3. The minimum absolute atomic E-state index is 0.276. The van der Waals surface area contributed by atoms with E-state index in [2.05, 4.69) is 9.97 Å². The van der Waals surface area contributed by atoms with Crippen molar-refractivity contribution in [3.8, 4) is 0 Å². The molecule has 0 radical (unpaired) electrons. The third-order valence-corrected chi connectivity index (χ3v) is 5.54. The van der Waals surface area contributed by atoms with Crippen molar-refractivity contribution in [1.29, 1.82) is 0 Å². The lowest BCUT2D eigenvalue weighted by Crippen LogP contribution is -2.23. The molecule has 0 amide bonds. The number of nitrogens with one attached hydrogen (secondary N) is 2. The van der Waals surface area contributed by atoms with E-state index in [4.69, 9.17) is 5.73 Å². The van der Waals surface area contributed by atoms with Gasteiger partial charge in [-0.1, -0.05) is 31.2 Å². The third kappa shape index (κ3) is 4.73. The van der Waals surface area contributed by atoms with Crippen molar-refractivity contribution in [2.75, 3.05) is 16.2 Å². The van der Waals surface area contributed by atoms with Gasteiger partial charge in [0.15, 0.2) is 16.7 Å². The number of nitro benzene ring substituents is 1. The fraction of sp³-hybridized carbons (Fsp3) is 0.286. The fourth-order valence-corrected chi connectivity index (χ4v) is 3.98. The van der Waals surface area contributed by atoms with E-state index in [9.17, 15) is 23.3 Å². The van der Waals surface area contributed by atoms with Crippen LogP contribution in [0.25, 0.3) is 0 Å². The molecule has 0 bridgehead atoms. The normalized spacial score (nSPS) is 11.3. The largest absolute Gasteiger partial charge is 0.382 e. The summed E-state index contributed by atoms with van der Waals surface area (Å²) in [6, 6.07) is 4.44. The molecule has 0 saturated carbocycles. The summed E-state index contributed by atoms with van der Waals surface area (Å²) in [5.41, 5.74) is 4.14. The van der Waals surface area contributed by atoms with Crippen LogP contribution in [0.3, 0.4) is 0 Å². The molecule has 0 aliphatic carbocycles. The second-order valence-electron chi connectivity index (χ2n) is 5.19. The highest BCUT2D eigenvalue weighted by Crippen LogP contribution is 2.22. The van der Waals surface area contributed by atoms with Crippen LogP contribution in [0.2, 0.25) is 0 Å². The summed E-state index contributed by atoms with van der Waals surface area (Å²) in [6.07, 6.45) is 1.91. The van der Waals surface area contributed by atoms with Gasteiger partial charge in [0.1, 0.15) is 0 Å². The number of thioether (sulfide) groups is 1. The monoisotopic (exact) mass is 399 g/mol. The van der Waals surface area contributed by atoms with E-state index >= 15 is 0 Å². The Balaban J connectivity index is 2.31. The number of rotatable bonds is 8. The summed E-state index contributed by atoms with van der Waals surface area (Å²) in [5, 5.41) is 11.1. The van der Waals surface area contributed by atoms with Gasteiger partial charge in [-0.15, -0.1) is 0 Å². The Kier molecular flexibility index (Phi) is 6.21. The molecule has 2 aromatic rings. The lowest BCUT2D eigenvalue weighted by molar-refractivity contribution is -0.385. The molecule has 0 saturated heterocycles. The number of benzene rings is 1. The average molecular weight is 399 g/mol. The lowest BCUT2D eigenvalue weighted by Gasteiger charge is -2.10. The molecule has 26 heavy (non-hydrogen) atoms. The number of aromatic nitrogens is 2. The van der Waals surface area contributed by atoms with Gasteiger partial charge in [-0.2, -0.15) is 0 Å². The van der Waals surface area contributed by atoms with Crippen molar-refractivity contribution in [2.24, 2.45) is 0 Å². The molecule has 1 aromatic carbocycles. The standard InChI is InChI=1S/C14H17N5O5S2/c1-2-3-7-25-14-16-12(15)11(13(20)17-14)18-26(23,24)10-6-4-5-9(8-10)19(21)22/h4-6,8,18H,2-3,7H2,1H3,(H3,15,16,17,20). The van der Waals surface area contributed by atoms with Gasteiger partial charge in [0.2, 0.25) is 0 Å². The van der Waals surface area contributed by atoms with E-state index in [1.54, 1.807) is 0 Å². The Morgan fingerprint density at radius 2 is 2.15 bits per heavy atom. The topological polar surface area (TPSA) is 161 Å². The Hall–Kier alpha value is -2.60. The predicted molar refractivity (Wildman–Crippen MR) is 98.8 cm³/mol. The Morgan fingerprint density at radius 3 is 2.77 bits per heavy atom. The molecule has 0 fully saturated rings. The van der Waals surface area contributed by atoms with Crippen LogP contribution in [0.5, 0.6) is 0 Å². The second kappa shape index (κ2) is 8.19. The first-order valence-electron chi connectivity index (χ1n) is 7.54. The number of unbranched alkanes of at least 4 members (excludes halogenated alkanes) is 1. The maximum absolute atomic E-state index is 12.4. The molecule has 0 aliphatic rings. The Bertz CT molecular complexity index is 974. The van der Waals surface area contributed by atoms with Gasteiger partial charge in [0.05, 0.1) is 9.82 Å². The molecule has 0 spiro atoms. The number of anilines is 2. The predicted octanol–water partition coefficient (Wildman–Crippen LogP) is 1.95. The van der Waals surface area contributed by atoms with Crippen LogP contribution < -0.4 is 16.0 Å². The van der Waals surface area contributed by atoms with Crippen molar-refractivity contribution in [3.05, 3.63) is 44.7 Å². The minimum Gasteiger partial charge on any atom is -0.382 e. The fourth-order valence-electron chi connectivity index (χ4n) is 1.91. The molecule has 0 atom stereocenters. The summed E-state index contributed by atoms with van der Waals surface area (Å²) in [4.78, 5) is 28.3.